The molecule has 0 amide bonds. The second-order valence-electron chi connectivity index (χ2n) is 4.43. The Bertz CT molecular complexity index is 217. The highest BCUT2D eigenvalue weighted by Gasteiger charge is 2.28. The van der Waals surface area contributed by atoms with Crippen LogP contribution in [0.3, 0.4) is 0 Å². The predicted octanol–water partition coefficient (Wildman–Crippen LogP) is 1.01. The first-order valence-corrected chi connectivity index (χ1v) is 6.28. The number of nitrogens with one attached hydrogen (secondary N) is 1. The molecule has 0 aromatic carbocycles. The molecule has 0 heterocycles. The number of carbonyl (C=O) groups excluding carboxylic acids is 1. The minimum Gasteiger partial charge on any atom is -0.465 e. The van der Waals surface area contributed by atoms with E-state index < -0.39 is 0 Å². The summed E-state index contributed by atoms with van der Waals surface area (Å²) < 4.78 is 5.08. The van der Waals surface area contributed by atoms with Crippen molar-refractivity contribution in [3.05, 3.63) is 0 Å². The highest BCUT2D eigenvalue weighted by molar-refractivity contribution is 5.75. The lowest BCUT2D eigenvalue weighted by molar-refractivity contribution is -0.146. The molecule has 0 aromatic rings. The maximum absolute atomic E-state index is 11.7. The molecular formula is C12H24N2O2. The van der Waals surface area contributed by atoms with E-state index in [1.165, 1.54) is 12.8 Å². The van der Waals surface area contributed by atoms with Crippen LogP contribution >= 0.6 is 0 Å². The zero-order chi connectivity index (χ0) is 12.0. The van der Waals surface area contributed by atoms with E-state index in [0.717, 1.165) is 19.5 Å². The molecule has 0 saturated heterocycles. The number of esters is 1. The van der Waals surface area contributed by atoms with Gasteiger partial charge in [0.1, 0.15) is 6.04 Å². The van der Waals surface area contributed by atoms with E-state index in [1.807, 2.05) is 6.92 Å². The molecule has 1 fully saturated rings. The fraction of sp³-hybridized carbons (Fsp3) is 0.917. The van der Waals surface area contributed by atoms with Crippen LogP contribution in [0.15, 0.2) is 0 Å². The molecule has 1 aliphatic carbocycles. The number of rotatable bonds is 8. The summed E-state index contributed by atoms with van der Waals surface area (Å²) in [6, 6.07) is 0.419. The minimum atomic E-state index is -0.124. The zero-order valence-corrected chi connectivity index (χ0v) is 10.7. The van der Waals surface area contributed by atoms with E-state index in [2.05, 4.69) is 24.2 Å². The number of carbonyl (C=O) groups is 1. The summed E-state index contributed by atoms with van der Waals surface area (Å²) >= 11 is 0. The van der Waals surface area contributed by atoms with Crippen LogP contribution in [0.1, 0.15) is 33.1 Å². The molecule has 0 aliphatic heterocycles. The van der Waals surface area contributed by atoms with E-state index >= 15 is 0 Å². The Morgan fingerprint density at radius 3 is 2.69 bits per heavy atom. The summed E-state index contributed by atoms with van der Waals surface area (Å²) in [6.45, 7) is 6.38. The van der Waals surface area contributed by atoms with Crippen molar-refractivity contribution < 1.29 is 9.53 Å². The van der Waals surface area contributed by atoms with Crippen LogP contribution in [0.2, 0.25) is 0 Å². The van der Waals surface area contributed by atoms with Crippen molar-refractivity contribution in [2.45, 2.75) is 45.2 Å². The van der Waals surface area contributed by atoms with Gasteiger partial charge in [-0.25, -0.2) is 0 Å². The van der Waals surface area contributed by atoms with Crippen molar-refractivity contribution in [3.8, 4) is 0 Å². The zero-order valence-electron chi connectivity index (χ0n) is 10.7. The maximum atomic E-state index is 11.7. The number of hydrogen-bond acceptors (Lipinski definition) is 4. The average Bonchev–Trinajstić information content (AvgIpc) is 3.07. The third-order valence-corrected chi connectivity index (χ3v) is 2.92. The molecule has 94 valence electrons. The van der Waals surface area contributed by atoms with Crippen molar-refractivity contribution in [2.75, 3.05) is 26.7 Å². The normalized spacial score (nSPS) is 17.5. The highest BCUT2D eigenvalue weighted by atomic mass is 16.5. The minimum absolute atomic E-state index is 0.0982. The average molecular weight is 228 g/mol. The van der Waals surface area contributed by atoms with Gasteiger partial charge in [0.05, 0.1) is 6.61 Å². The first-order chi connectivity index (χ1) is 7.67. The smallest absolute Gasteiger partial charge is 0.323 e. The van der Waals surface area contributed by atoms with Crippen molar-refractivity contribution >= 4 is 5.97 Å². The molecular weight excluding hydrogens is 204 g/mol. The third-order valence-electron chi connectivity index (χ3n) is 2.92. The maximum Gasteiger partial charge on any atom is 0.323 e. The molecule has 1 N–H and O–H groups in total. The van der Waals surface area contributed by atoms with Gasteiger partial charge in [-0.05, 0) is 46.3 Å². The van der Waals surface area contributed by atoms with Crippen molar-refractivity contribution in [3.63, 3.8) is 0 Å². The first kappa shape index (κ1) is 13.5. The van der Waals surface area contributed by atoms with Crippen molar-refractivity contribution in [1.29, 1.82) is 0 Å². The Labute approximate surface area is 98.3 Å². The Morgan fingerprint density at radius 2 is 2.19 bits per heavy atom. The first-order valence-electron chi connectivity index (χ1n) is 6.28. The largest absolute Gasteiger partial charge is 0.465 e. The van der Waals surface area contributed by atoms with Crippen LogP contribution in [0.5, 0.6) is 0 Å². The lowest BCUT2D eigenvalue weighted by Crippen LogP contribution is -2.41. The van der Waals surface area contributed by atoms with Crippen LogP contribution < -0.4 is 5.32 Å². The molecule has 1 rings (SSSR count). The fourth-order valence-electron chi connectivity index (χ4n) is 1.55. The van der Waals surface area contributed by atoms with E-state index in [1.54, 1.807) is 0 Å². The topological polar surface area (TPSA) is 41.6 Å². The van der Waals surface area contributed by atoms with Gasteiger partial charge in [0.2, 0.25) is 0 Å². The Balaban J connectivity index is 2.32. The fourth-order valence-corrected chi connectivity index (χ4v) is 1.55. The van der Waals surface area contributed by atoms with E-state index in [0.29, 0.717) is 12.6 Å². The summed E-state index contributed by atoms with van der Waals surface area (Å²) in [4.78, 5) is 13.9. The molecule has 16 heavy (non-hydrogen) atoms. The summed E-state index contributed by atoms with van der Waals surface area (Å²) in [5.41, 5.74) is 0. The highest BCUT2D eigenvalue weighted by Crippen LogP contribution is 2.20. The predicted molar refractivity (Wildman–Crippen MR) is 64.4 cm³/mol. The van der Waals surface area contributed by atoms with Gasteiger partial charge in [-0.1, -0.05) is 6.92 Å². The Kier molecular flexibility index (Phi) is 5.77. The summed E-state index contributed by atoms with van der Waals surface area (Å²) in [5, 5.41) is 3.35. The summed E-state index contributed by atoms with van der Waals surface area (Å²) in [7, 11) is 2.07. The van der Waals surface area contributed by atoms with E-state index in [9.17, 15) is 4.79 Å². The van der Waals surface area contributed by atoms with E-state index in [-0.39, 0.29) is 12.0 Å². The molecule has 0 radical (unpaired) electrons. The van der Waals surface area contributed by atoms with Crippen LogP contribution in [0, 0.1) is 0 Å². The third kappa shape index (κ3) is 4.94. The van der Waals surface area contributed by atoms with Gasteiger partial charge in [-0.15, -0.1) is 0 Å². The van der Waals surface area contributed by atoms with Crippen molar-refractivity contribution in [2.24, 2.45) is 0 Å². The van der Waals surface area contributed by atoms with Gasteiger partial charge in [-0.3, -0.25) is 4.79 Å². The molecule has 4 heteroatoms. The lowest BCUT2D eigenvalue weighted by Gasteiger charge is -2.20. The summed E-state index contributed by atoms with van der Waals surface area (Å²) in [6.07, 6.45) is 3.22. The van der Waals surface area contributed by atoms with Gasteiger partial charge >= 0.3 is 5.97 Å². The van der Waals surface area contributed by atoms with Crippen molar-refractivity contribution in [1.82, 2.24) is 10.2 Å². The Morgan fingerprint density at radius 1 is 1.50 bits per heavy atom. The SMILES string of the molecule is CCOC(=O)C(CCN(C)CC)NC1CC1. The molecule has 0 bridgehead atoms. The molecule has 1 atom stereocenters. The van der Waals surface area contributed by atoms with Crippen LogP contribution in [-0.4, -0.2) is 49.7 Å². The molecule has 0 aromatic heterocycles. The molecule has 1 unspecified atom stereocenters. The van der Waals surface area contributed by atoms with Crippen LogP contribution in [-0.2, 0) is 9.53 Å². The van der Waals surface area contributed by atoms with Gasteiger partial charge in [0.15, 0.2) is 0 Å². The van der Waals surface area contributed by atoms with E-state index in [4.69, 9.17) is 4.74 Å². The molecule has 1 aliphatic rings. The second-order valence-corrected chi connectivity index (χ2v) is 4.43. The van der Waals surface area contributed by atoms with Gasteiger partial charge in [0.25, 0.3) is 0 Å². The quantitative estimate of drug-likeness (QED) is 0.630. The number of nitrogens with zero attached hydrogens (tertiary/aromatic N) is 1. The number of ether oxygens (including phenoxy) is 1. The van der Waals surface area contributed by atoms with Gasteiger partial charge in [0, 0.05) is 6.04 Å². The van der Waals surface area contributed by atoms with Gasteiger partial charge < -0.3 is 15.0 Å². The van der Waals surface area contributed by atoms with Crippen LogP contribution in [0.4, 0.5) is 0 Å². The molecule has 1 saturated carbocycles. The second kappa shape index (κ2) is 6.86. The Hall–Kier alpha value is -0.610. The lowest BCUT2D eigenvalue weighted by atomic mass is 10.2. The standard InChI is InChI=1S/C12H24N2O2/c1-4-14(3)9-8-11(12(15)16-5-2)13-10-6-7-10/h10-11,13H,4-9H2,1-3H3. The number of hydrogen-bond donors (Lipinski definition) is 1. The summed E-state index contributed by atoms with van der Waals surface area (Å²) in [5.74, 6) is -0.0982. The monoisotopic (exact) mass is 228 g/mol. The molecule has 0 spiro atoms. The molecule has 4 nitrogen and oxygen atoms in total. The van der Waals surface area contributed by atoms with Crippen LogP contribution in [0.25, 0.3) is 0 Å². The van der Waals surface area contributed by atoms with Gasteiger partial charge in [-0.2, -0.15) is 0 Å².